The largest absolute Gasteiger partial charge is 0.493 e. The molecule has 31 heavy (non-hydrogen) atoms. The zero-order valence-corrected chi connectivity index (χ0v) is 17.9. The molecule has 1 amide bonds. The Morgan fingerprint density at radius 1 is 0.968 bits per heavy atom. The smallest absolute Gasteiger partial charge is 0.270 e. The number of amides is 1. The lowest BCUT2D eigenvalue weighted by Crippen LogP contribution is -2.38. The van der Waals surface area contributed by atoms with Gasteiger partial charge < -0.3 is 19.3 Å². The maximum atomic E-state index is 13.5. The van der Waals surface area contributed by atoms with Gasteiger partial charge in [0.15, 0.2) is 11.5 Å². The summed E-state index contributed by atoms with van der Waals surface area (Å²) in [5.74, 6) is 1.12. The third kappa shape index (κ3) is 4.15. The second-order valence-corrected chi connectivity index (χ2v) is 7.96. The summed E-state index contributed by atoms with van der Waals surface area (Å²) in [5.41, 5.74) is 3.25. The highest BCUT2D eigenvalue weighted by molar-refractivity contribution is 6.00. The molecule has 2 aromatic rings. The SMILES string of the molecule is COc1cc2c(cc1OC)CN(C(=O)c1cc([N+](=O)[O-])ccc1N1CCCCC1)CC2. The number of nitrogens with zero attached hydrogens (tertiary/aromatic N) is 3. The number of nitro benzene ring substituents is 1. The van der Waals surface area contributed by atoms with Gasteiger partial charge in [0.25, 0.3) is 11.6 Å². The fourth-order valence-electron chi connectivity index (χ4n) is 4.45. The molecule has 4 rings (SSSR count). The first kappa shape index (κ1) is 21.0. The van der Waals surface area contributed by atoms with Crippen molar-refractivity contribution in [3.63, 3.8) is 0 Å². The molecule has 0 N–H and O–H groups in total. The van der Waals surface area contributed by atoms with E-state index in [1.54, 1.807) is 25.2 Å². The number of anilines is 1. The monoisotopic (exact) mass is 425 g/mol. The number of nitro groups is 1. The summed E-state index contributed by atoms with van der Waals surface area (Å²) < 4.78 is 10.8. The van der Waals surface area contributed by atoms with Crippen molar-refractivity contribution < 1.29 is 19.2 Å². The van der Waals surface area contributed by atoms with Gasteiger partial charge in [0.05, 0.1) is 30.4 Å². The molecule has 0 atom stereocenters. The van der Waals surface area contributed by atoms with Crippen LogP contribution in [0.25, 0.3) is 0 Å². The number of carbonyl (C=O) groups excluding carboxylic acids is 1. The molecule has 0 aromatic heterocycles. The van der Waals surface area contributed by atoms with E-state index in [0.717, 1.165) is 42.7 Å². The lowest BCUT2D eigenvalue weighted by atomic mass is 9.97. The van der Waals surface area contributed by atoms with Crippen LogP contribution in [0.2, 0.25) is 0 Å². The number of non-ortho nitro benzene ring substituents is 1. The van der Waals surface area contributed by atoms with Gasteiger partial charge in [-0.15, -0.1) is 0 Å². The van der Waals surface area contributed by atoms with Crippen molar-refractivity contribution >= 4 is 17.3 Å². The molecule has 8 heteroatoms. The summed E-state index contributed by atoms with van der Waals surface area (Å²) in [6, 6.07) is 8.51. The van der Waals surface area contributed by atoms with Gasteiger partial charge in [-0.2, -0.15) is 0 Å². The summed E-state index contributed by atoms with van der Waals surface area (Å²) in [7, 11) is 3.19. The Hall–Kier alpha value is -3.29. The zero-order chi connectivity index (χ0) is 22.0. The maximum Gasteiger partial charge on any atom is 0.270 e. The Balaban J connectivity index is 1.66. The van der Waals surface area contributed by atoms with Crippen LogP contribution in [0.1, 0.15) is 40.7 Å². The van der Waals surface area contributed by atoms with E-state index < -0.39 is 4.92 Å². The Labute approximate surface area is 181 Å². The summed E-state index contributed by atoms with van der Waals surface area (Å²) in [4.78, 5) is 28.4. The molecular weight excluding hydrogens is 398 g/mol. The lowest BCUT2D eigenvalue weighted by Gasteiger charge is -2.33. The quantitative estimate of drug-likeness (QED) is 0.535. The highest BCUT2D eigenvalue weighted by Crippen LogP contribution is 2.35. The number of rotatable bonds is 5. The van der Waals surface area contributed by atoms with Crippen molar-refractivity contribution in [1.82, 2.24) is 4.90 Å². The normalized spacial score (nSPS) is 15.9. The zero-order valence-electron chi connectivity index (χ0n) is 17.9. The Kier molecular flexibility index (Phi) is 5.97. The fraction of sp³-hybridized carbons (Fsp3) is 0.435. The number of ether oxygens (including phenoxy) is 2. The molecule has 8 nitrogen and oxygen atoms in total. The average Bonchev–Trinajstić information content (AvgIpc) is 2.82. The molecule has 2 aromatic carbocycles. The van der Waals surface area contributed by atoms with Crippen LogP contribution in [0.3, 0.4) is 0 Å². The Bertz CT molecular complexity index is 1000. The van der Waals surface area contributed by atoms with Gasteiger partial charge in [-0.1, -0.05) is 0 Å². The highest BCUT2D eigenvalue weighted by Gasteiger charge is 2.28. The topological polar surface area (TPSA) is 85.1 Å². The molecule has 2 aliphatic rings. The van der Waals surface area contributed by atoms with Gasteiger partial charge in [-0.3, -0.25) is 14.9 Å². The molecule has 2 heterocycles. The molecule has 2 aliphatic heterocycles. The van der Waals surface area contributed by atoms with Crippen molar-refractivity contribution in [1.29, 1.82) is 0 Å². The second-order valence-electron chi connectivity index (χ2n) is 7.96. The van der Waals surface area contributed by atoms with Crippen molar-refractivity contribution in [3.05, 3.63) is 57.1 Å². The number of hydrogen-bond acceptors (Lipinski definition) is 6. The minimum absolute atomic E-state index is 0.0621. The predicted octanol–water partition coefficient (Wildman–Crippen LogP) is 3.80. The number of piperidine rings is 1. The fourth-order valence-corrected chi connectivity index (χ4v) is 4.45. The summed E-state index contributed by atoms with van der Waals surface area (Å²) in [6.45, 7) is 2.69. The second kappa shape index (κ2) is 8.83. The molecule has 1 fully saturated rings. The van der Waals surface area contributed by atoms with E-state index in [1.165, 1.54) is 18.6 Å². The minimum atomic E-state index is -0.445. The number of carbonyl (C=O) groups is 1. The van der Waals surface area contributed by atoms with Crippen LogP contribution in [0.15, 0.2) is 30.3 Å². The van der Waals surface area contributed by atoms with Crippen molar-refractivity contribution in [3.8, 4) is 11.5 Å². The van der Waals surface area contributed by atoms with Crippen LogP contribution in [-0.4, -0.2) is 49.6 Å². The van der Waals surface area contributed by atoms with Crippen molar-refractivity contribution in [2.45, 2.75) is 32.2 Å². The number of hydrogen-bond donors (Lipinski definition) is 0. The predicted molar refractivity (Wildman–Crippen MR) is 117 cm³/mol. The first-order valence-electron chi connectivity index (χ1n) is 10.6. The average molecular weight is 425 g/mol. The van der Waals surface area contributed by atoms with Gasteiger partial charge in [0.2, 0.25) is 0 Å². The van der Waals surface area contributed by atoms with Gasteiger partial charge in [0.1, 0.15) is 0 Å². The van der Waals surface area contributed by atoms with Crippen molar-refractivity contribution in [2.75, 3.05) is 38.8 Å². The van der Waals surface area contributed by atoms with Gasteiger partial charge >= 0.3 is 0 Å². The van der Waals surface area contributed by atoms with Crippen LogP contribution in [0.5, 0.6) is 11.5 Å². The molecule has 0 spiro atoms. The van der Waals surface area contributed by atoms with E-state index in [2.05, 4.69) is 4.90 Å². The summed E-state index contributed by atoms with van der Waals surface area (Å²) in [5, 5.41) is 11.4. The molecule has 164 valence electrons. The number of benzene rings is 2. The third-order valence-corrected chi connectivity index (χ3v) is 6.12. The van der Waals surface area contributed by atoms with Gasteiger partial charge in [0, 0.05) is 38.3 Å². The minimum Gasteiger partial charge on any atom is -0.493 e. The molecule has 0 aliphatic carbocycles. The standard InChI is InChI=1S/C23H27N3O5/c1-30-21-12-16-8-11-25(15-17(16)13-22(21)31-2)23(27)19-14-18(26(28)29)6-7-20(19)24-9-4-3-5-10-24/h6-7,12-14H,3-5,8-11,15H2,1-2H3. The highest BCUT2D eigenvalue weighted by atomic mass is 16.6. The molecule has 0 radical (unpaired) electrons. The lowest BCUT2D eigenvalue weighted by molar-refractivity contribution is -0.384. The molecular formula is C23H27N3O5. The molecule has 0 saturated carbocycles. The van der Waals surface area contributed by atoms with E-state index in [1.807, 2.05) is 12.1 Å². The first-order chi connectivity index (χ1) is 15.0. The Morgan fingerprint density at radius 3 is 2.29 bits per heavy atom. The molecule has 0 bridgehead atoms. The maximum absolute atomic E-state index is 13.5. The molecule has 0 unspecified atom stereocenters. The van der Waals surface area contributed by atoms with E-state index in [0.29, 0.717) is 36.6 Å². The van der Waals surface area contributed by atoms with Crippen molar-refractivity contribution in [2.24, 2.45) is 0 Å². The van der Waals surface area contributed by atoms with E-state index >= 15 is 0 Å². The summed E-state index contributed by atoms with van der Waals surface area (Å²) >= 11 is 0. The van der Waals surface area contributed by atoms with Gasteiger partial charge in [-0.25, -0.2) is 0 Å². The van der Waals surface area contributed by atoms with E-state index in [9.17, 15) is 14.9 Å². The third-order valence-electron chi connectivity index (χ3n) is 6.12. The van der Waals surface area contributed by atoms with E-state index in [4.69, 9.17) is 9.47 Å². The van der Waals surface area contributed by atoms with Crippen LogP contribution >= 0.6 is 0 Å². The first-order valence-corrected chi connectivity index (χ1v) is 10.6. The van der Waals surface area contributed by atoms with Crippen LogP contribution in [0, 0.1) is 10.1 Å². The number of fused-ring (bicyclic) bond motifs is 1. The van der Waals surface area contributed by atoms with Crippen LogP contribution < -0.4 is 14.4 Å². The number of methoxy groups -OCH3 is 2. The Morgan fingerprint density at radius 2 is 1.65 bits per heavy atom. The van der Waals surface area contributed by atoms with Gasteiger partial charge in [-0.05, 0) is 55.0 Å². The molecule has 1 saturated heterocycles. The van der Waals surface area contributed by atoms with Crippen LogP contribution in [0.4, 0.5) is 11.4 Å². The summed E-state index contributed by atoms with van der Waals surface area (Å²) in [6.07, 6.45) is 3.98. The van der Waals surface area contributed by atoms with Crippen LogP contribution in [-0.2, 0) is 13.0 Å². The van der Waals surface area contributed by atoms with E-state index in [-0.39, 0.29) is 11.6 Å².